The van der Waals surface area contributed by atoms with Gasteiger partial charge in [0.15, 0.2) is 0 Å². The Balaban J connectivity index is 0.000000541. The lowest BCUT2D eigenvalue weighted by Crippen LogP contribution is -2.68. The van der Waals surface area contributed by atoms with E-state index in [4.69, 9.17) is 52.9 Å². The molecule has 0 saturated carbocycles. The van der Waals surface area contributed by atoms with Crippen LogP contribution in [0.1, 0.15) is 0 Å². The molecule has 40 heteroatoms. The molecule has 3 heterocycles. The second kappa shape index (κ2) is 21.9. The lowest BCUT2D eigenvalue weighted by atomic mass is 9.82. The van der Waals surface area contributed by atoms with E-state index in [-0.39, 0.29) is 0 Å². The molecule has 3 saturated heterocycles. The molecule has 3 rings (SSSR count). The molecular formula is C30H30N10O30. The second-order valence-corrected chi connectivity index (χ2v) is 12.4. The number of nitrogens with one attached hydrogen (secondary N) is 7. The second-order valence-electron chi connectivity index (χ2n) is 12.4. The largest absolute Gasteiger partial charge is 0.480 e. The molecule has 70 heavy (non-hydrogen) atoms. The molecule has 380 valence electrons. The zero-order valence-corrected chi connectivity index (χ0v) is 33.8. The summed E-state index contributed by atoms with van der Waals surface area (Å²) >= 11 is 0. The Labute approximate surface area is 379 Å². The van der Waals surface area contributed by atoms with E-state index < -0.39 is 179 Å². The van der Waals surface area contributed by atoms with E-state index in [0.717, 1.165) is 0 Å². The fraction of sp³-hybridized carbons (Fsp3) is 0.333. The number of esters is 6. The van der Waals surface area contributed by atoms with Gasteiger partial charge in [0.1, 0.15) is 0 Å². The fourth-order valence-electron chi connectivity index (χ4n) is 4.98. The number of amides is 7. The molecule has 3 aliphatic heterocycles. The van der Waals surface area contributed by atoms with Crippen molar-refractivity contribution in [2.24, 2.45) is 44.3 Å². The molecule has 0 atom stereocenters. The van der Waals surface area contributed by atoms with Crippen molar-refractivity contribution in [3.63, 3.8) is 0 Å². The lowest BCUT2D eigenvalue weighted by molar-refractivity contribution is -0.205. The first-order chi connectivity index (χ1) is 32.3. The number of hydrogen-bond donors (Lipinski definition) is 17. The molecule has 20 N–H and O–H groups in total. The summed E-state index contributed by atoms with van der Waals surface area (Å²) in [7, 11) is 0. The van der Waals surface area contributed by atoms with E-state index in [0.29, 0.717) is 0 Å². The number of carboxylic acids is 7. The van der Waals surface area contributed by atoms with Gasteiger partial charge < -0.3 is 104 Å². The minimum absolute atomic E-state index is 0.517. The van der Waals surface area contributed by atoms with Crippen molar-refractivity contribution in [2.45, 2.75) is 0 Å². The SMILES string of the molecule is NCNC(=O)C(C(=O)O)(C(=O)O)C(=O)NCN.NCNC(=O)C(C(=O)O)(C(=O)O)C(=O)NCNC(=O)C1(C(=O)O)C(=O)OC1=O.O=C(O)C1(C(=O)NCNC(=O)C2(C(=O)O)C(=O)OC2=O)C(=O)OC1=O. The Kier molecular flexibility index (Phi) is 18.1. The fourth-order valence-corrected chi connectivity index (χ4v) is 4.98. The van der Waals surface area contributed by atoms with Crippen LogP contribution in [0.4, 0.5) is 0 Å². The Bertz CT molecular complexity index is 2250. The highest BCUT2D eigenvalue weighted by Gasteiger charge is 2.73. The monoisotopic (exact) mass is 1010 g/mol. The smallest absolute Gasteiger partial charge is 0.352 e. The summed E-state index contributed by atoms with van der Waals surface area (Å²) in [5.41, 5.74) is -1.72. The van der Waals surface area contributed by atoms with Gasteiger partial charge in [-0.05, 0) is 0 Å². The molecule has 0 aromatic carbocycles. The van der Waals surface area contributed by atoms with Gasteiger partial charge in [0.05, 0.1) is 33.3 Å². The molecule has 0 aromatic rings. The topological polar surface area (TPSA) is 673 Å². The highest BCUT2D eigenvalue weighted by atomic mass is 16.6. The van der Waals surface area contributed by atoms with Crippen LogP contribution in [-0.2, 0) is 110 Å². The first-order valence-electron chi connectivity index (χ1n) is 17.3. The highest BCUT2D eigenvalue weighted by Crippen LogP contribution is 2.34. The predicted octanol–water partition coefficient (Wildman–Crippen LogP) is -13.8. The van der Waals surface area contributed by atoms with Gasteiger partial charge in [-0.15, -0.1) is 0 Å². The Morgan fingerprint density at radius 2 is 0.543 bits per heavy atom. The number of hydrogen-bond acceptors (Lipinski definition) is 26. The van der Waals surface area contributed by atoms with Crippen molar-refractivity contribution >= 4 is 119 Å². The van der Waals surface area contributed by atoms with Gasteiger partial charge >= 0.3 is 105 Å². The van der Waals surface area contributed by atoms with Crippen LogP contribution in [0.3, 0.4) is 0 Å². The molecule has 0 bridgehead atoms. The first kappa shape index (κ1) is 57.9. The van der Waals surface area contributed by atoms with Gasteiger partial charge in [-0.3, -0.25) is 33.6 Å². The van der Waals surface area contributed by atoms with Crippen LogP contribution in [0.25, 0.3) is 0 Å². The van der Waals surface area contributed by atoms with Crippen LogP contribution in [0.5, 0.6) is 0 Å². The van der Waals surface area contributed by atoms with E-state index in [9.17, 15) is 95.9 Å². The summed E-state index contributed by atoms with van der Waals surface area (Å²) in [6.07, 6.45) is 0. The van der Waals surface area contributed by atoms with Crippen LogP contribution in [-0.4, -0.2) is 188 Å². The van der Waals surface area contributed by atoms with Crippen molar-refractivity contribution in [1.82, 2.24) is 37.2 Å². The molecule has 3 aliphatic rings. The summed E-state index contributed by atoms with van der Waals surface area (Å²) in [6, 6.07) is 0. The standard InChI is InChI=1S/C12H12N4O12.C11H6N2O12.C7H12N4O6/c13-1-14-3(17)11(6(20)21,7(22)23)4(18)15-2-16-5(19)12(8(24)25)9(26)28-10(12)27;14-2(10(4(16)17)6(20)24-7(10)21)12-1-13-3(15)11(5(18)19)8(22)25-9(11)23;8-1-10-3(12)7(5(14)15,6(16)17)4(13)11-2-9/h1-2,13H2,(H,14,17)(H,15,18)(H,16,19)(H,20,21)(H,22,23)(H,24,25);1H2,(H,12,14)(H,13,15)(H,16,17)(H,18,19);1-2,8-9H2,(H,10,12)(H,11,13)(H,14,15)(H,16,17). The maximum Gasteiger partial charge on any atom is 0.352 e. The molecule has 0 aromatic heterocycles. The zero-order chi connectivity index (χ0) is 54.7. The third kappa shape index (κ3) is 9.17. The lowest BCUT2D eigenvalue weighted by Gasteiger charge is -2.32. The predicted molar refractivity (Wildman–Crippen MR) is 193 cm³/mol. The Hall–Kier alpha value is -10.1. The third-order valence-electron chi connectivity index (χ3n) is 8.81. The van der Waals surface area contributed by atoms with Gasteiger partial charge in [0, 0.05) is 0 Å². The Morgan fingerprint density at radius 3 is 0.700 bits per heavy atom. The molecular weight excluding hydrogens is 980 g/mol. The van der Waals surface area contributed by atoms with Crippen LogP contribution < -0.4 is 54.4 Å². The number of carbonyl (C=O) groups excluding carboxylic acids is 13. The van der Waals surface area contributed by atoms with E-state index in [1.807, 2.05) is 0 Å². The minimum Gasteiger partial charge on any atom is -0.480 e. The van der Waals surface area contributed by atoms with Crippen molar-refractivity contribution in [1.29, 1.82) is 0 Å². The molecule has 3 fully saturated rings. The van der Waals surface area contributed by atoms with Crippen molar-refractivity contribution < 1.29 is 146 Å². The highest BCUT2D eigenvalue weighted by molar-refractivity contribution is 6.42. The van der Waals surface area contributed by atoms with Gasteiger partial charge in [-0.1, -0.05) is 0 Å². The van der Waals surface area contributed by atoms with Crippen LogP contribution in [0, 0.1) is 27.1 Å². The molecule has 0 aliphatic carbocycles. The van der Waals surface area contributed by atoms with Crippen molar-refractivity contribution in [3.05, 3.63) is 0 Å². The maximum absolute atomic E-state index is 12.0. The zero-order valence-electron chi connectivity index (χ0n) is 33.8. The molecule has 40 nitrogen and oxygen atoms in total. The van der Waals surface area contributed by atoms with E-state index >= 15 is 0 Å². The van der Waals surface area contributed by atoms with E-state index in [1.165, 1.54) is 0 Å². The summed E-state index contributed by atoms with van der Waals surface area (Å²) in [5.74, 6) is -37.5. The van der Waals surface area contributed by atoms with Crippen LogP contribution in [0.2, 0.25) is 0 Å². The molecule has 0 radical (unpaired) electrons. The average Bonchev–Trinajstić information content (AvgIpc) is 3.21. The summed E-state index contributed by atoms with van der Waals surface area (Å²) in [5, 5.41) is 74.1. The van der Waals surface area contributed by atoms with Gasteiger partial charge in [0.25, 0.3) is 41.4 Å². The molecule has 0 spiro atoms. The minimum atomic E-state index is -3.69. The normalized spacial score (nSPS) is 15.4. The van der Waals surface area contributed by atoms with Crippen molar-refractivity contribution in [2.75, 3.05) is 33.3 Å². The number of aliphatic carboxylic acids is 7. The number of carboxylic acid groups (broad SMARTS) is 7. The average molecular weight is 1010 g/mol. The summed E-state index contributed by atoms with van der Waals surface area (Å²) < 4.78 is 11.4. The van der Waals surface area contributed by atoms with Gasteiger partial charge in [-0.2, -0.15) is 0 Å². The van der Waals surface area contributed by atoms with Gasteiger partial charge in [0.2, 0.25) is 0 Å². The van der Waals surface area contributed by atoms with E-state index in [2.05, 4.69) is 14.2 Å². The van der Waals surface area contributed by atoms with Crippen LogP contribution in [0.15, 0.2) is 0 Å². The van der Waals surface area contributed by atoms with Crippen molar-refractivity contribution in [3.8, 4) is 0 Å². The summed E-state index contributed by atoms with van der Waals surface area (Å²) in [6.45, 7) is -3.90. The maximum atomic E-state index is 12.0. The van der Waals surface area contributed by atoms with E-state index in [1.54, 1.807) is 37.2 Å². The third-order valence-corrected chi connectivity index (χ3v) is 8.81. The molecule has 7 amide bonds. The van der Waals surface area contributed by atoms with Gasteiger partial charge in [-0.25, -0.2) is 62.3 Å². The first-order valence-corrected chi connectivity index (χ1v) is 17.3. The summed E-state index contributed by atoms with van der Waals surface area (Å²) in [4.78, 5) is 227. The van der Waals surface area contributed by atoms with Crippen LogP contribution >= 0.6 is 0 Å². The molecule has 0 unspecified atom stereocenters. The Morgan fingerprint density at radius 1 is 0.357 bits per heavy atom. The number of ether oxygens (including phenoxy) is 3. The quantitative estimate of drug-likeness (QED) is 0.0220. The number of cyclic esters (lactones) is 6. The number of rotatable bonds is 21. The number of nitrogens with two attached hydrogens (primary N) is 3. The number of carbonyl (C=O) groups is 20.